The number of carboxylic acids is 1. The molecule has 1 aromatic rings. The molecule has 0 aliphatic carbocycles. The van der Waals surface area contributed by atoms with Gasteiger partial charge in [0.1, 0.15) is 16.7 Å². The van der Waals surface area contributed by atoms with E-state index in [9.17, 15) is 28.2 Å². The van der Waals surface area contributed by atoms with Crippen molar-refractivity contribution in [2.75, 3.05) is 6.61 Å². The minimum Gasteiger partial charge on any atom is -0.480 e. The summed E-state index contributed by atoms with van der Waals surface area (Å²) in [5.74, 6) is -2.95. The monoisotopic (exact) mass is 340 g/mol. The van der Waals surface area contributed by atoms with Crippen LogP contribution in [-0.2, 0) is 19.4 Å². The van der Waals surface area contributed by atoms with Gasteiger partial charge in [-0.2, -0.15) is 0 Å². The molecule has 23 heavy (non-hydrogen) atoms. The smallest absolute Gasteiger partial charge is 0.328 e. The number of carboxylic acid groups (broad SMARTS) is 1. The van der Waals surface area contributed by atoms with E-state index < -0.39 is 50.4 Å². The Morgan fingerprint density at radius 2 is 2.13 bits per heavy atom. The van der Waals surface area contributed by atoms with Crippen molar-refractivity contribution in [3.8, 4) is 0 Å². The molecule has 0 aromatic carbocycles. The van der Waals surface area contributed by atoms with Crippen LogP contribution in [-0.4, -0.2) is 63.2 Å². The number of carbonyl (C=O) groups excluding carboxylic acids is 1. The number of hydrogen-bond donors (Lipinski definition) is 2. The van der Waals surface area contributed by atoms with Crippen LogP contribution >= 0.6 is 0 Å². The highest BCUT2D eigenvalue weighted by molar-refractivity contribution is 7.94. The standard InChI is InChI=1S/C14H16N2O6S/c1-14(5-7-17)10(13(19)20)16-11(18)9(12(16)23(14,21)22)8-4-2-3-6-15-8/h2-4,6,9-10,12,17H,5,7H2,1H3,(H,19,20)/t9?,10-,12+,14?/m0/s1. The molecular weight excluding hydrogens is 324 g/mol. The van der Waals surface area contributed by atoms with Crippen molar-refractivity contribution >= 4 is 21.7 Å². The molecule has 8 nitrogen and oxygen atoms in total. The number of β-lactam (4-membered cyclic amide) rings is 1. The molecule has 3 heterocycles. The van der Waals surface area contributed by atoms with E-state index in [1.807, 2.05) is 0 Å². The number of carbonyl (C=O) groups is 2. The molecule has 2 unspecified atom stereocenters. The lowest BCUT2D eigenvalue weighted by Crippen LogP contribution is -2.62. The highest BCUT2D eigenvalue weighted by Crippen LogP contribution is 2.52. The lowest BCUT2D eigenvalue weighted by molar-refractivity contribution is -0.160. The minimum atomic E-state index is -3.99. The maximum absolute atomic E-state index is 12.9. The summed E-state index contributed by atoms with van der Waals surface area (Å²) >= 11 is 0. The molecule has 2 saturated heterocycles. The Balaban J connectivity index is 2.12. The first kappa shape index (κ1) is 15.9. The third-order valence-corrected chi connectivity index (χ3v) is 7.62. The second-order valence-electron chi connectivity index (χ2n) is 5.94. The average molecular weight is 340 g/mol. The van der Waals surface area contributed by atoms with Gasteiger partial charge in [-0.1, -0.05) is 6.07 Å². The number of aliphatic carboxylic acids is 1. The Morgan fingerprint density at radius 3 is 2.65 bits per heavy atom. The summed E-state index contributed by atoms with van der Waals surface area (Å²) in [4.78, 5) is 29.0. The largest absolute Gasteiger partial charge is 0.480 e. The van der Waals surface area contributed by atoms with Gasteiger partial charge in [-0.25, -0.2) is 13.2 Å². The summed E-state index contributed by atoms with van der Waals surface area (Å²) in [6.45, 7) is 0.793. The molecule has 0 saturated carbocycles. The zero-order valence-electron chi connectivity index (χ0n) is 12.3. The van der Waals surface area contributed by atoms with Crippen molar-refractivity contribution in [1.82, 2.24) is 9.88 Å². The van der Waals surface area contributed by atoms with Gasteiger partial charge in [-0.15, -0.1) is 0 Å². The van der Waals surface area contributed by atoms with Gasteiger partial charge >= 0.3 is 5.97 Å². The van der Waals surface area contributed by atoms with Crippen LogP contribution in [0.4, 0.5) is 0 Å². The first-order valence-corrected chi connectivity index (χ1v) is 8.62. The molecule has 1 aromatic heterocycles. The van der Waals surface area contributed by atoms with E-state index >= 15 is 0 Å². The quantitative estimate of drug-likeness (QED) is 0.698. The molecule has 2 N–H and O–H groups in total. The van der Waals surface area contributed by atoms with Crippen LogP contribution in [0.3, 0.4) is 0 Å². The third-order valence-electron chi connectivity index (χ3n) is 4.75. The van der Waals surface area contributed by atoms with Gasteiger partial charge in [0.15, 0.2) is 15.2 Å². The van der Waals surface area contributed by atoms with E-state index in [-0.39, 0.29) is 6.42 Å². The fourth-order valence-electron chi connectivity index (χ4n) is 3.53. The zero-order valence-corrected chi connectivity index (χ0v) is 13.1. The maximum atomic E-state index is 12.9. The van der Waals surface area contributed by atoms with Crippen LogP contribution in [0.1, 0.15) is 25.0 Å². The number of hydrogen-bond acceptors (Lipinski definition) is 6. The Bertz CT molecular complexity index is 765. The number of pyridine rings is 1. The van der Waals surface area contributed by atoms with E-state index in [2.05, 4.69) is 4.98 Å². The fourth-order valence-corrected chi connectivity index (χ4v) is 6.12. The summed E-state index contributed by atoms with van der Waals surface area (Å²) in [5.41, 5.74) is 0.305. The maximum Gasteiger partial charge on any atom is 0.328 e. The molecule has 0 radical (unpaired) electrons. The van der Waals surface area contributed by atoms with Gasteiger partial charge in [-0.3, -0.25) is 9.78 Å². The Kier molecular flexibility index (Phi) is 3.45. The molecule has 0 bridgehead atoms. The molecule has 9 heteroatoms. The first-order chi connectivity index (χ1) is 10.8. The molecule has 4 atom stereocenters. The molecule has 3 rings (SSSR count). The van der Waals surface area contributed by atoms with Gasteiger partial charge in [0.25, 0.3) is 0 Å². The fraction of sp³-hybridized carbons (Fsp3) is 0.500. The van der Waals surface area contributed by atoms with Crippen LogP contribution in [0, 0.1) is 0 Å². The molecule has 2 fully saturated rings. The van der Waals surface area contributed by atoms with Crippen LogP contribution in [0.15, 0.2) is 24.4 Å². The second kappa shape index (κ2) is 5.00. The second-order valence-corrected chi connectivity index (χ2v) is 8.45. The molecule has 124 valence electrons. The number of fused-ring (bicyclic) bond motifs is 1. The lowest BCUT2D eigenvalue weighted by Gasteiger charge is -2.42. The van der Waals surface area contributed by atoms with Gasteiger partial charge in [0, 0.05) is 12.8 Å². The van der Waals surface area contributed by atoms with Crippen LogP contribution < -0.4 is 0 Å². The van der Waals surface area contributed by atoms with Crippen molar-refractivity contribution in [2.45, 2.75) is 35.4 Å². The predicted octanol–water partition coefficient (Wildman–Crippen LogP) is -0.644. The van der Waals surface area contributed by atoms with Crippen molar-refractivity contribution in [1.29, 1.82) is 0 Å². The number of nitrogens with zero attached hydrogens (tertiary/aromatic N) is 2. The molecule has 1 amide bonds. The van der Waals surface area contributed by atoms with Gasteiger partial charge in [-0.05, 0) is 25.5 Å². The topological polar surface area (TPSA) is 125 Å². The van der Waals surface area contributed by atoms with E-state index in [4.69, 9.17) is 0 Å². The number of sulfone groups is 1. The van der Waals surface area contributed by atoms with Crippen molar-refractivity contribution in [2.24, 2.45) is 0 Å². The van der Waals surface area contributed by atoms with Gasteiger partial charge < -0.3 is 15.1 Å². The normalized spacial score (nSPS) is 34.8. The van der Waals surface area contributed by atoms with Gasteiger partial charge in [0.2, 0.25) is 5.91 Å². The van der Waals surface area contributed by atoms with Crippen LogP contribution in [0.5, 0.6) is 0 Å². The summed E-state index contributed by atoms with van der Waals surface area (Å²) in [5, 5.41) is 17.4. The Labute approximate surface area is 132 Å². The first-order valence-electron chi connectivity index (χ1n) is 7.07. The Morgan fingerprint density at radius 1 is 1.43 bits per heavy atom. The lowest BCUT2D eigenvalue weighted by atomic mass is 9.87. The SMILES string of the molecule is CC1(CCO)[C@H](C(=O)O)N2C(=O)C(c3ccccn3)[C@H]2S1(=O)=O. The van der Waals surface area contributed by atoms with E-state index in [0.717, 1.165) is 4.90 Å². The molecule has 2 aliphatic heterocycles. The number of aliphatic hydroxyl groups excluding tert-OH is 1. The average Bonchev–Trinajstić information content (AvgIpc) is 2.64. The minimum absolute atomic E-state index is 0.248. The predicted molar refractivity (Wildman–Crippen MR) is 78.1 cm³/mol. The van der Waals surface area contributed by atoms with E-state index in [0.29, 0.717) is 5.69 Å². The van der Waals surface area contributed by atoms with Crippen molar-refractivity contribution in [3.05, 3.63) is 30.1 Å². The summed E-state index contributed by atoms with van der Waals surface area (Å²) < 4.78 is 24.1. The number of aliphatic hydroxyl groups is 1. The molecule has 2 aliphatic rings. The number of rotatable bonds is 4. The summed E-state index contributed by atoms with van der Waals surface area (Å²) in [7, 11) is -3.99. The van der Waals surface area contributed by atoms with Crippen LogP contribution in [0.25, 0.3) is 0 Å². The third kappa shape index (κ3) is 1.86. The highest BCUT2D eigenvalue weighted by atomic mass is 32.2. The number of amides is 1. The van der Waals surface area contributed by atoms with Gasteiger partial charge in [0.05, 0.1) is 5.69 Å². The Hall–Kier alpha value is -2.00. The van der Waals surface area contributed by atoms with Crippen LogP contribution in [0.2, 0.25) is 0 Å². The van der Waals surface area contributed by atoms with E-state index in [1.54, 1.807) is 18.2 Å². The molecule has 0 spiro atoms. The van der Waals surface area contributed by atoms with Crippen molar-refractivity contribution < 1.29 is 28.2 Å². The summed E-state index contributed by atoms with van der Waals surface area (Å²) in [6.07, 6.45) is 1.20. The highest BCUT2D eigenvalue weighted by Gasteiger charge is 2.73. The molecular formula is C14H16N2O6S. The zero-order chi connectivity index (χ0) is 17.0. The number of aromatic nitrogens is 1. The summed E-state index contributed by atoms with van der Waals surface area (Å²) in [6, 6.07) is 3.33. The van der Waals surface area contributed by atoms with Crippen molar-refractivity contribution in [3.63, 3.8) is 0 Å². The van der Waals surface area contributed by atoms with E-state index in [1.165, 1.54) is 13.1 Å².